The lowest BCUT2D eigenvalue weighted by molar-refractivity contribution is -0.189. The minimum Gasteiger partial charge on any atom is -0.480 e. The Bertz CT molecular complexity index is 1390. The summed E-state index contributed by atoms with van der Waals surface area (Å²) in [6, 6.07) is 8.07. The summed E-state index contributed by atoms with van der Waals surface area (Å²) in [6.45, 7) is 0.705. The topological polar surface area (TPSA) is 77.5 Å². The van der Waals surface area contributed by atoms with E-state index in [9.17, 15) is 27.2 Å². The van der Waals surface area contributed by atoms with Gasteiger partial charge in [-0.3, -0.25) is 4.79 Å². The van der Waals surface area contributed by atoms with Crippen LogP contribution in [0.3, 0.4) is 0 Å². The average molecular weight is 555 g/mol. The normalized spacial score (nSPS) is 14.1. The Hall–Kier alpha value is -3.73. The number of methoxy groups -OCH3 is 1. The first-order valence-corrected chi connectivity index (χ1v) is 11.7. The molecule has 1 saturated carbocycles. The van der Waals surface area contributed by atoms with Crippen LogP contribution < -0.4 is 10.1 Å². The molecule has 0 bridgehead atoms. The minimum absolute atomic E-state index is 0.0472. The number of amides is 1. The lowest BCUT2D eigenvalue weighted by atomic mass is 10.0. The van der Waals surface area contributed by atoms with E-state index in [1.165, 1.54) is 18.2 Å². The molecule has 3 aromatic rings. The number of carbonyl (C=O) groups excluding carboxylic acids is 2. The Kier molecular flexibility index (Phi) is 7.59. The molecule has 1 aliphatic carbocycles. The number of esters is 1. The Morgan fingerprint density at radius 1 is 1.11 bits per heavy atom. The van der Waals surface area contributed by atoms with Crippen LogP contribution in [0.4, 0.5) is 27.6 Å². The van der Waals surface area contributed by atoms with Gasteiger partial charge in [-0.15, -0.1) is 0 Å². The monoisotopic (exact) mass is 554 g/mol. The summed E-state index contributed by atoms with van der Waals surface area (Å²) in [5.74, 6) is -4.44. The average Bonchev–Trinajstić information content (AvgIpc) is 3.71. The number of benzene rings is 2. The van der Waals surface area contributed by atoms with Crippen molar-refractivity contribution in [2.45, 2.75) is 38.0 Å². The molecule has 38 heavy (non-hydrogen) atoms. The second kappa shape index (κ2) is 10.6. The first kappa shape index (κ1) is 27.3. The maximum Gasteiger partial charge on any atom is 0.425 e. The van der Waals surface area contributed by atoms with Gasteiger partial charge >= 0.3 is 12.1 Å². The Labute approximate surface area is 218 Å². The highest BCUT2D eigenvalue weighted by molar-refractivity contribution is 6.34. The molecule has 1 heterocycles. The molecule has 0 unspecified atom stereocenters. The van der Waals surface area contributed by atoms with Gasteiger partial charge in [0, 0.05) is 5.56 Å². The van der Waals surface area contributed by atoms with Gasteiger partial charge in [-0.2, -0.15) is 13.2 Å². The van der Waals surface area contributed by atoms with Gasteiger partial charge in [-0.25, -0.2) is 18.6 Å². The van der Waals surface area contributed by atoms with Gasteiger partial charge in [0.25, 0.3) is 5.91 Å². The molecule has 1 aromatic heterocycles. The molecule has 2 aromatic carbocycles. The number of rotatable bonds is 7. The van der Waals surface area contributed by atoms with Crippen LogP contribution in [-0.2, 0) is 4.74 Å². The fraction of sp³-hybridized carbons (Fsp3) is 0.269. The molecule has 1 atom stereocenters. The number of anilines is 1. The van der Waals surface area contributed by atoms with Gasteiger partial charge < -0.3 is 14.8 Å². The molecule has 0 saturated heterocycles. The molecule has 12 heteroatoms. The van der Waals surface area contributed by atoms with Crippen LogP contribution >= 0.6 is 11.6 Å². The second-order valence-corrected chi connectivity index (χ2v) is 8.99. The molecule has 1 amide bonds. The van der Waals surface area contributed by atoms with Crippen molar-refractivity contribution >= 4 is 29.2 Å². The number of alkyl halides is 3. The van der Waals surface area contributed by atoms with Gasteiger partial charge in [-0.05, 0) is 61.6 Å². The SMILES string of the molecule is COC(=O)c1nc(-c2cc(O[C@@H](C)C(F)(F)F)c(C(=O)Nc3c(F)cccc3Cl)cc2F)ccc1C1CC1. The maximum atomic E-state index is 15.3. The molecule has 1 N–H and O–H groups in total. The van der Waals surface area contributed by atoms with E-state index in [0.717, 1.165) is 32.1 Å². The fourth-order valence-corrected chi connectivity index (χ4v) is 3.89. The number of carbonyl (C=O) groups is 2. The third kappa shape index (κ3) is 5.72. The smallest absolute Gasteiger partial charge is 0.425 e. The molecular weight excluding hydrogens is 535 g/mol. The first-order valence-electron chi connectivity index (χ1n) is 11.3. The molecule has 4 rings (SSSR count). The predicted octanol–water partition coefficient (Wildman–Crippen LogP) is 6.93. The number of para-hydroxylation sites is 1. The van der Waals surface area contributed by atoms with E-state index < -0.39 is 52.8 Å². The number of pyridine rings is 1. The lowest BCUT2D eigenvalue weighted by Gasteiger charge is -2.21. The van der Waals surface area contributed by atoms with Gasteiger partial charge in [0.1, 0.15) is 17.4 Å². The summed E-state index contributed by atoms with van der Waals surface area (Å²) < 4.78 is 79.2. The molecular formula is C26H20ClF5N2O4. The van der Waals surface area contributed by atoms with Crippen LogP contribution in [0.25, 0.3) is 11.3 Å². The minimum atomic E-state index is -4.82. The number of halogens is 6. The van der Waals surface area contributed by atoms with E-state index in [1.54, 1.807) is 6.07 Å². The van der Waals surface area contributed by atoms with E-state index in [0.29, 0.717) is 18.6 Å². The molecule has 1 aliphatic rings. The molecule has 1 fully saturated rings. The summed E-state index contributed by atoms with van der Waals surface area (Å²) >= 11 is 5.92. The van der Waals surface area contributed by atoms with Crippen molar-refractivity contribution in [3.8, 4) is 17.0 Å². The summed E-state index contributed by atoms with van der Waals surface area (Å²) in [5.41, 5.74) is -0.957. The van der Waals surface area contributed by atoms with Gasteiger partial charge in [0.15, 0.2) is 11.8 Å². The third-order valence-electron chi connectivity index (χ3n) is 5.88. The van der Waals surface area contributed by atoms with Crippen LogP contribution in [-0.4, -0.2) is 36.3 Å². The number of nitrogens with one attached hydrogen (secondary N) is 1. The van der Waals surface area contributed by atoms with Crippen LogP contribution in [0, 0.1) is 11.6 Å². The third-order valence-corrected chi connectivity index (χ3v) is 6.19. The summed E-state index contributed by atoms with van der Waals surface area (Å²) in [5, 5.41) is 1.96. The zero-order valence-electron chi connectivity index (χ0n) is 20.0. The highest BCUT2D eigenvalue weighted by Crippen LogP contribution is 2.42. The van der Waals surface area contributed by atoms with Crippen molar-refractivity contribution in [2.75, 3.05) is 12.4 Å². The molecule has 200 valence electrons. The summed E-state index contributed by atoms with van der Waals surface area (Å²) in [6.07, 6.45) is -5.54. The summed E-state index contributed by atoms with van der Waals surface area (Å²) in [4.78, 5) is 29.5. The predicted molar refractivity (Wildman–Crippen MR) is 128 cm³/mol. The molecule has 0 radical (unpaired) electrons. The van der Waals surface area contributed by atoms with Gasteiger partial charge in [-0.1, -0.05) is 23.7 Å². The number of aromatic nitrogens is 1. The number of ether oxygens (including phenoxy) is 2. The van der Waals surface area contributed by atoms with Crippen molar-refractivity contribution in [1.29, 1.82) is 0 Å². The van der Waals surface area contributed by atoms with Gasteiger partial charge in [0.2, 0.25) is 0 Å². The molecule has 0 aliphatic heterocycles. The Balaban J connectivity index is 1.80. The lowest BCUT2D eigenvalue weighted by Crippen LogP contribution is -2.32. The van der Waals surface area contributed by atoms with Crippen LogP contribution in [0.15, 0.2) is 42.5 Å². The van der Waals surface area contributed by atoms with Crippen molar-refractivity contribution in [3.05, 3.63) is 75.9 Å². The van der Waals surface area contributed by atoms with Crippen LogP contribution in [0.2, 0.25) is 5.02 Å². The van der Waals surface area contributed by atoms with E-state index in [-0.39, 0.29) is 27.9 Å². The zero-order chi connectivity index (χ0) is 27.8. The van der Waals surface area contributed by atoms with E-state index in [2.05, 4.69) is 10.3 Å². The van der Waals surface area contributed by atoms with E-state index in [4.69, 9.17) is 21.1 Å². The van der Waals surface area contributed by atoms with E-state index in [1.807, 2.05) is 0 Å². The number of nitrogens with zero attached hydrogens (tertiary/aromatic N) is 1. The zero-order valence-corrected chi connectivity index (χ0v) is 20.7. The molecule has 0 spiro atoms. The number of hydrogen-bond acceptors (Lipinski definition) is 5. The highest BCUT2D eigenvalue weighted by atomic mass is 35.5. The maximum absolute atomic E-state index is 15.3. The number of hydrogen-bond donors (Lipinski definition) is 1. The van der Waals surface area contributed by atoms with Gasteiger partial charge in [0.05, 0.1) is 29.1 Å². The molecule has 6 nitrogen and oxygen atoms in total. The quantitative estimate of drug-likeness (QED) is 0.253. The first-order chi connectivity index (χ1) is 17.9. The van der Waals surface area contributed by atoms with Crippen molar-refractivity contribution in [3.63, 3.8) is 0 Å². The standard InChI is InChI=1S/C26H20ClF5N2O4/c1-12(26(30,31)32)38-21-11-15(20-9-8-14(13-6-7-13)22(33-20)25(36)37-2)19(29)10-16(21)24(35)34-23-17(27)4-3-5-18(23)28/h3-5,8-13H,6-7H2,1-2H3,(H,34,35)/t12-/m0/s1. The largest absolute Gasteiger partial charge is 0.480 e. The Morgan fingerprint density at radius 3 is 2.42 bits per heavy atom. The van der Waals surface area contributed by atoms with Crippen LogP contribution in [0.5, 0.6) is 5.75 Å². The second-order valence-electron chi connectivity index (χ2n) is 8.58. The van der Waals surface area contributed by atoms with Crippen molar-refractivity contribution in [2.24, 2.45) is 0 Å². The van der Waals surface area contributed by atoms with Crippen LogP contribution in [0.1, 0.15) is 52.1 Å². The Morgan fingerprint density at radius 2 is 1.82 bits per heavy atom. The highest BCUT2D eigenvalue weighted by Gasteiger charge is 2.39. The van der Waals surface area contributed by atoms with E-state index >= 15 is 4.39 Å². The van der Waals surface area contributed by atoms with Crippen molar-refractivity contribution < 1.29 is 41.0 Å². The fourth-order valence-electron chi connectivity index (χ4n) is 3.68. The van der Waals surface area contributed by atoms with Crippen molar-refractivity contribution in [1.82, 2.24) is 4.98 Å². The summed E-state index contributed by atoms with van der Waals surface area (Å²) in [7, 11) is 1.16.